The molecule has 0 aliphatic rings. The maximum atomic E-state index is 13.6. The number of anilines is 2. The topological polar surface area (TPSA) is 62.6 Å². The van der Waals surface area contributed by atoms with Crippen LogP contribution in [0.1, 0.15) is 12.5 Å². The number of aryl methyl sites for hydroxylation is 1. The van der Waals surface area contributed by atoms with Gasteiger partial charge in [-0.3, -0.25) is 9.59 Å². The van der Waals surface area contributed by atoms with Gasteiger partial charge in [0, 0.05) is 10.7 Å². The summed E-state index contributed by atoms with van der Waals surface area (Å²) in [6.07, 6.45) is 0. The molecule has 0 fully saturated rings. The third-order valence-corrected chi connectivity index (χ3v) is 4.26. The predicted octanol–water partition coefficient (Wildman–Crippen LogP) is 2.41. The van der Waals surface area contributed by atoms with E-state index in [1.165, 1.54) is 6.07 Å². The predicted molar refractivity (Wildman–Crippen MR) is 101 cm³/mol. The lowest BCUT2D eigenvalue weighted by atomic mass is 10.2. The molecule has 2 amide bonds. The van der Waals surface area contributed by atoms with Crippen molar-refractivity contribution in [3.8, 4) is 0 Å². The molecule has 1 atom stereocenters. The Morgan fingerprint density at radius 2 is 1.63 bits per heavy atom. The first-order valence-corrected chi connectivity index (χ1v) is 8.81. The second-order valence-corrected chi connectivity index (χ2v) is 6.55. The number of para-hydroxylation sites is 1. The molecule has 2 aromatic rings. The third-order valence-electron chi connectivity index (χ3n) is 4.02. The molecule has 0 bridgehead atoms. The van der Waals surface area contributed by atoms with Gasteiger partial charge >= 0.3 is 0 Å². The van der Waals surface area contributed by atoms with Gasteiger partial charge < -0.3 is 15.5 Å². The summed E-state index contributed by atoms with van der Waals surface area (Å²) in [6, 6.07) is 8.50. The normalized spacial score (nSPS) is 11.7. The van der Waals surface area contributed by atoms with E-state index >= 15 is 0 Å². The maximum Gasteiger partial charge on any atom is 0.279 e. The summed E-state index contributed by atoms with van der Waals surface area (Å²) in [5.41, 5.74) is 0.969. The number of carbonyl (C=O) groups is 2. The lowest BCUT2D eigenvalue weighted by Gasteiger charge is -2.17. The number of carbonyl (C=O) groups excluding carboxylic acids is 2. The van der Waals surface area contributed by atoms with Gasteiger partial charge in [-0.2, -0.15) is 0 Å². The highest BCUT2D eigenvalue weighted by Gasteiger charge is 2.19. The number of quaternary nitrogens is 1. The van der Waals surface area contributed by atoms with Crippen LogP contribution in [0.3, 0.4) is 0 Å². The Hall–Kier alpha value is -2.51. The molecule has 8 heteroatoms. The number of likely N-dealkylation sites (N-methyl/N-ethyl adjacent to an activating group) is 1. The van der Waals surface area contributed by atoms with Gasteiger partial charge in [-0.05, 0) is 43.7 Å². The molecule has 0 saturated heterocycles. The van der Waals surface area contributed by atoms with Gasteiger partial charge in [0.15, 0.2) is 13.1 Å². The van der Waals surface area contributed by atoms with Crippen LogP contribution in [-0.4, -0.2) is 31.4 Å². The van der Waals surface area contributed by atoms with Crippen molar-refractivity contribution in [1.82, 2.24) is 0 Å². The van der Waals surface area contributed by atoms with Gasteiger partial charge in [-0.15, -0.1) is 0 Å². The van der Waals surface area contributed by atoms with E-state index in [0.717, 1.165) is 17.7 Å². The molecule has 0 radical (unpaired) electrons. The number of rotatable bonds is 7. The van der Waals surface area contributed by atoms with Crippen LogP contribution in [0, 0.1) is 18.6 Å². The van der Waals surface area contributed by atoms with Crippen molar-refractivity contribution in [1.29, 1.82) is 0 Å². The van der Waals surface area contributed by atoms with Gasteiger partial charge in [0.2, 0.25) is 0 Å². The minimum Gasteiger partial charge on any atom is -0.321 e. The molecule has 27 heavy (non-hydrogen) atoms. The van der Waals surface area contributed by atoms with Gasteiger partial charge in [-0.25, -0.2) is 8.78 Å². The highest BCUT2D eigenvalue weighted by atomic mass is 35.5. The second kappa shape index (κ2) is 9.43. The van der Waals surface area contributed by atoms with Crippen LogP contribution >= 0.6 is 11.6 Å². The summed E-state index contributed by atoms with van der Waals surface area (Å²) in [5, 5.41) is 5.49. The van der Waals surface area contributed by atoms with Crippen molar-refractivity contribution < 1.29 is 23.3 Å². The fourth-order valence-corrected chi connectivity index (χ4v) is 2.66. The Morgan fingerprint density at radius 3 is 2.22 bits per heavy atom. The smallest absolute Gasteiger partial charge is 0.279 e. The lowest BCUT2D eigenvalue weighted by molar-refractivity contribution is -0.881. The summed E-state index contributed by atoms with van der Waals surface area (Å²) in [5.74, 6) is -2.57. The minimum absolute atomic E-state index is 0.0234. The second-order valence-electron chi connectivity index (χ2n) is 6.11. The van der Waals surface area contributed by atoms with Crippen molar-refractivity contribution in [2.45, 2.75) is 13.8 Å². The minimum atomic E-state index is -0.851. The molecule has 5 nitrogen and oxygen atoms in total. The molecule has 0 aliphatic carbocycles. The molecule has 0 saturated carbocycles. The van der Waals surface area contributed by atoms with Gasteiger partial charge in [0.25, 0.3) is 11.8 Å². The van der Waals surface area contributed by atoms with Crippen LogP contribution in [0.2, 0.25) is 5.02 Å². The molecule has 3 N–H and O–H groups in total. The van der Waals surface area contributed by atoms with Crippen molar-refractivity contribution >= 4 is 34.8 Å². The summed E-state index contributed by atoms with van der Waals surface area (Å²) in [7, 11) is 0. The SMILES string of the molecule is CC[NH+](CC(=O)Nc1cc(Cl)ccc1C)CC(=O)Nc1c(F)cccc1F. The Labute approximate surface area is 161 Å². The number of halogens is 3. The van der Waals surface area contributed by atoms with Crippen molar-refractivity contribution in [2.75, 3.05) is 30.3 Å². The maximum absolute atomic E-state index is 13.6. The molecular weight excluding hydrogens is 376 g/mol. The summed E-state index contributed by atoms with van der Waals surface area (Å²) in [6.45, 7) is 4.05. The van der Waals surface area contributed by atoms with E-state index in [0.29, 0.717) is 22.2 Å². The van der Waals surface area contributed by atoms with Gasteiger partial charge in [-0.1, -0.05) is 23.7 Å². The van der Waals surface area contributed by atoms with Crippen LogP contribution in [0.4, 0.5) is 20.2 Å². The molecule has 0 aliphatic heterocycles. The Bertz CT molecular complexity index is 825. The molecule has 1 unspecified atom stereocenters. The Kier molecular flexibility index (Phi) is 7.27. The first-order valence-electron chi connectivity index (χ1n) is 8.43. The van der Waals surface area contributed by atoms with Crippen LogP contribution in [0.25, 0.3) is 0 Å². The Morgan fingerprint density at radius 1 is 1.04 bits per heavy atom. The zero-order chi connectivity index (χ0) is 20.0. The van der Waals surface area contributed by atoms with E-state index in [9.17, 15) is 18.4 Å². The number of benzene rings is 2. The van der Waals surface area contributed by atoms with E-state index in [-0.39, 0.29) is 19.0 Å². The molecule has 2 rings (SSSR count). The van der Waals surface area contributed by atoms with Crippen molar-refractivity contribution in [2.24, 2.45) is 0 Å². The molecule has 0 heterocycles. The van der Waals surface area contributed by atoms with E-state index in [1.54, 1.807) is 18.2 Å². The molecule has 0 aromatic heterocycles. The Balaban J connectivity index is 1.95. The largest absolute Gasteiger partial charge is 0.321 e. The van der Waals surface area contributed by atoms with Crippen LogP contribution in [-0.2, 0) is 9.59 Å². The highest BCUT2D eigenvalue weighted by Crippen LogP contribution is 2.20. The standard InChI is InChI=1S/C19H20ClF2N3O2/c1-3-25(10-17(26)23-16-9-13(20)8-7-12(16)2)11-18(27)24-19-14(21)5-4-6-15(19)22/h4-9H,3,10-11H2,1-2H3,(H,23,26)(H,24,27)/p+1. The zero-order valence-corrected chi connectivity index (χ0v) is 15.8. The molecule has 2 aromatic carbocycles. The summed E-state index contributed by atoms with van der Waals surface area (Å²) < 4.78 is 27.2. The fourth-order valence-electron chi connectivity index (χ4n) is 2.49. The lowest BCUT2D eigenvalue weighted by Crippen LogP contribution is -3.13. The van der Waals surface area contributed by atoms with Gasteiger partial charge in [0.05, 0.1) is 6.54 Å². The average molecular weight is 397 g/mol. The number of hydrogen-bond acceptors (Lipinski definition) is 2. The van der Waals surface area contributed by atoms with Crippen molar-refractivity contribution in [3.05, 3.63) is 58.6 Å². The monoisotopic (exact) mass is 396 g/mol. The highest BCUT2D eigenvalue weighted by molar-refractivity contribution is 6.31. The summed E-state index contributed by atoms with van der Waals surface area (Å²) in [4.78, 5) is 25.0. The molecular formula is C19H21ClF2N3O2+. The third kappa shape index (κ3) is 6.01. The average Bonchev–Trinajstić information content (AvgIpc) is 2.61. The van der Waals surface area contributed by atoms with Crippen LogP contribution in [0.15, 0.2) is 36.4 Å². The van der Waals surface area contributed by atoms with E-state index in [4.69, 9.17) is 11.6 Å². The van der Waals surface area contributed by atoms with E-state index in [2.05, 4.69) is 10.6 Å². The van der Waals surface area contributed by atoms with E-state index < -0.39 is 23.2 Å². The number of hydrogen-bond donors (Lipinski definition) is 3. The quantitative estimate of drug-likeness (QED) is 0.673. The zero-order valence-electron chi connectivity index (χ0n) is 15.0. The van der Waals surface area contributed by atoms with Crippen molar-refractivity contribution in [3.63, 3.8) is 0 Å². The fraction of sp³-hybridized carbons (Fsp3) is 0.263. The van der Waals surface area contributed by atoms with E-state index in [1.807, 2.05) is 13.8 Å². The van der Waals surface area contributed by atoms with Crippen LogP contribution < -0.4 is 15.5 Å². The summed E-state index contributed by atoms with van der Waals surface area (Å²) >= 11 is 5.93. The molecule has 0 spiro atoms. The number of nitrogens with one attached hydrogen (secondary N) is 3. The van der Waals surface area contributed by atoms with Crippen LogP contribution in [0.5, 0.6) is 0 Å². The first kappa shape index (κ1) is 20.8. The first-order chi connectivity index (χ1) is 12.8. The molecule has 144 valence electrons. The van der Waals surface area contributed by atoms with Gasteiger partial charge in [0.1, 0.15) is 17.3 Å². The number of amides is 2.